The molecule has 30 heavy (non-hydrogen) atoms. The second-order valence-corrected chi connectivity index (χ2v) is 8.36. The van der Waals surface area contributed by atoms with Crippen molar-refractivity contribution in [2.75, 3.05) is 40.0 Å². The number of morpholine rings is 1. The summed E-state index contributed by atoms with van der Waals surface area (Å²) < 4.78 is 16.3. The Labute approximate surface area is 184 Å². The molecule has 1 aromatic rings. The Balaban J connectivity index is 1.78. The quantitative estimate of drug-likeness (QED) is 0.610. The number of hydrogen-bond donors (Lipinski definition) is 0. The Morgan fingerprint density at radius 2 is 2.00 bits per heavy atom. The Hall–Kier alpha value is -2.23. The van der Waals surface area contributed by atoms with E-state index < -0.39 is 11.1 Å². The number of halogens is 1. The smallest absolute Gasteiger partial charge is 0.294 e. The summed E-state index contributed by atoms with van der Waals surface area (Å²) in [7, 11) is 1.49. The van der Waals surface area contributed by atoms with Crippen molar-refractivity contribution in [3.63, 3.8) is 0 Å². The van der Waals surface area contributed by atoms with E-state index in [2.05, 4.69) is 0 Å². The van der Waals surface area contributed by atoms with Gasteiger partial charge in [-0.3, -0.25) is 19.3 Å². The minimum Gasteiger partial charge on any atom is -0.493 e. The topological polar surface area (TPSA) is 85.4 Å². The lowest BCUT2D eigenvalue weighted by Gasteiger charge is -2.28. The first kappa shape index (κ1) is 22.5. The average molecular weight is 455 g/mol. The van der Waals surface area contributed by atoms with Crippen LogP contribution < -0.4 is 9.47 Å². The van der Waals surface area contributed by atoms with Crippen molar-refractivity contribution in [2.45, 2.75) is 20.0 Å². The molecule has 2 heterocycles. The van der Waals surface area contributed by atoms with Crippen LogP contribution in [-0.2, 0) is 14.3 Å². The number of ether oxygens (including phenoxy) is 3. The van der Waals surface area contributed by atoms with E-state index >= 15 is 0 Å². The van der Waals surface area contributed by atoms with Crippen molar-refractivity contribution >= 4 is 46.5 Å². The number of thioether (sulfide) groups is 1. The number of carbonyl (C=O) groups is 3. The van der Waals surface area contributed by atoms with Gasteiger partial charge in [-0.05, 0) is 49.4 Å². The predicted octanol–water partition coefficient (Wildman–Crippen LogP) is 3.03. The third-order valence-corrected chi connectivity index (χ3v) is 5.62. The molecule has 0 spiro atoms. The van der Waals surface area contributed by atoms with Gasteiger partial charge in [0.25, 0.3) is 11.1 Å². The Bertz CT molecular complexity index is 882. The van der Waals surface area contributed by atoms with Gasteiger partial charge in [0.15, 0.2) is 11.5 Å². The maximum Gasteiger partial charge on any atom is 0.294 e. The van der Waals surface area contributed by atoms with Crippen LogP contribution in [0.1, 0.15) is 19.4 Å². The highest BCUT2D eigenvalue weighted by Crippen LogP contribution is 2.39. The zero-order chi connectivity index (χ0) is 21.8. The summed E-state index contributed by atoms with van der Waals surface area (Å²) in [6.07, 6.45) is 1.46. The maximum absolute atomic E-state index is 12.7. The third-order valence-electron chi connectivity index (χ3n) is 4.43. The second kappa shape index (κ2) is 9.72. The van der Waals surface area contributed by atoms with Gasteiger partial charge >= 0.3 is 0 Å². The molecule has 0 aromatic heterocycles. The number of nitrogens with zero attached hydrogens (tertiary/aromatic N) is 2. The summed E-state index contributed by atoms with van der Waals surface area (Å²) in [5.74, 6) is 0.0469. The summed E-state index contributed by atoms with van der Waals surface area (Å²) in [6, 6.07) is 3.31. The van der Waals surface area contributed by atoms with Crippen molar-refractivity contribution in [1.82, 2.24) is 9.80 Å². The number of carbonyl (C=O) groups excluding carboxylic acids is 3. The lowest BCUT2D eigenvalue weighted by molar-refractivity contribution is -0.139. The first-order valence-electron chi connectivity index (χ1n) is 9.45. The molecule has 2 aliphatic heterocycles. The van der Waals surface area contributed by atoms with E-state index in [9.17, 15) is 14.4 Å². The zero-order valence-electron chi connectivity index (χ0n) is 17.0. The third kappa shape index (κ3) is 5.08. The Kier molecular flexibility index (Phi) is 7.27. The van der Waals surface area contributed by atoms with Crippen LogP contribution in [0.25, 0.3) is 6.08 Å². The van der Waals surface area contributed by atoms with Crippen molar-refractivity contribution in [1.29, 1.82) is 0 Å². The molecule has 0 unspecified atom stereocenters. The van der Waals surface area contributed by atoms with Crippen LogP contribution in [0.4, 0.5) is 4.79 Å². The SMILES string of the molecule is COc1cc(/C=C2/SC(=O)N(CC(=O)N3CCOCC3)C2=O)cc(Cl)c1OC(C)C. The number of hydrogen-bond acceptors (Lipinski definition) is 7. The first-order chi connectivity index (χ1) is 14.3. The van der Waals surface area contributed by atoms with Gasteiger partial charge in [-0.1, -0.05) is 11.6 Å². The molecule has 0 saturated carbocycles. The molecular weight excluding hydrogens is 432 g/mol. The molecule has 162 valence electrons. The number of rotatable bonds is 6. The Morgan fingerprint density at radius 1 is 1.30 bits per heavy atom. The molecule has 1 aromatic carbocycles. The van der Waals surface area contributed by atoms with E-state index in [4.69, 9.17) is 25.8 Å². The highest BCUT2D eigenvalue weighted by Gasteiger charge is 2.37. The van der Waals surface area contributed by atoms with E-state index in [0.717, 1.165) is 16.7 Å². The molecule has 8 nitrogen and oxygen atoms in total. The van der Waals surface area contributed by atoms with E-state index in [1.807, 2.05) is 13.8 Å². The summed E-state index contributed by atoms with van der Waals surface area (Å²) >= 11 is 7.12. The largest absolute Gasteiger partial charge is 0.493 e. The van der Waals surface area contributed by atoms with Crippen molar-refractivity contribution in [3.05, 3.63) is 27.6 Å². The lowest BCUT2D eigenvalue weighted by Crippen LogP contribution is -2.46. The van der Waals surface area contributed by atoms with E-state index in [0.29, 0.717) is 48.4 Å². The Morgan fingerprint density at radius 3 is 2.63 bits per heavy atom. The van der Waals surface area contributed by atoms with Crippen LogP contribution >= 0.6 is 23.4 Å². The van der Waals surface area contributed by atoms with E-state index in [1.165, 1.54) is 7.11 Å². The van der Waals surface area contributed by atoms with Gasteiger partial charge in [0.1, 0.15) is 6.54 Å². The molecule has 3 rings (SSSR count). The summed E-state index contributed by atoms with van der Waals surface area (Å²) in [5, 5.41) is -0.151. The van der Waals surface area contributed by atoms with Gasteiger partial charge in [-0.25, -0.2) is 0 Å². The van der Waals surface area contributed by atoms with Gasteiger partial charge in [0.05, 0.1) is 36.4 Å². The van der Waals surface area contributed by atoms with Crippen LogP contribution in [0.2, 0.25) is 5.02 Å². The number of methoxy groups -OCH3 is 1. The predicted molar refractivity (Wildman–Crippen MR) is 114 cm³/mol. The summed E-state index contributed by atoms with van der Waals surface area (Å²) in [4.78, 5) is 40.2. The molecule has 2 aliphatic rings. The van der Waals surface area contributed by atoms with E-state index in [1.54, 1.807) is 23.1 Å². The highest BCUT2D eigenvalue weighted by atomic mass is 35.5. The number of amides is 3. The van der Waals surface area contributed by atoms with Crippen LogP contribution in [0, 0.1) is 0 Å². The van der Waals surface area contributed by atoms with Crippen molar-refractivity contribution in [3.8, 4) is 11.5 Å². The van der Waals surface area contributed by atoms with E-state index in [-0.39, 0.29) is 23.5 Å². The van der Waals surface area contributed by atoms with Crippen LogP contribution in [0.5, 0.6) is 11.5 Å². The molecule has 0 radical (unpaired) electrons. The van der Waals surface area contributed by atoms with Crippen LogP contribution in [0.3, 0.4) is 0 Å². The molecular formula is C20H23ClN2O6S. The second-order valence-electron chi connectivity index (χ2n) is 6.96. The average Bonchev–Trinajstić information content (AvgIpc) is 2.97. The molecule has 10 heteroatoms. The normalized spacial score (nSPS) is 18.5. The molecule has 0 bridgehead atoms. The monoisotopic (exact) mass is 454 g/mol. The highest BCUT2D eigenvalue weighted by molar-refractivity contribution is 8.18. The fraction of sp³-hybridized carbons (Fsp3) is 0.450. The summed E-state index contributed by atoms with van der Waals surface area (Å²) in [6.45, 7) is 5.27. The fourth-order valence-electron chi connectivity index (χ4n) is 3.01. The molecule has 0 aliphatic carbocycles. The molecule has 3 amide bonds. The lowest BCUT2D eigenvalue weighted by atomic mass is 10.1. The molecule has 2 saturated heterocycles. The van der Waals surface area contributed by atoms with Gasteiger partial charge in [0.2, 0.25) is 5.91 Å². The van der Waals surface area contributed by atoms with Gasteiger partial charge in [-0.15, -0.1) is 0 Å². The number of benzene rings is 1. The van der Waals surface area contributed by atoms with Gasteiger partial charge in [0, 0.05) is 13.1 Å². The molecule has 2 fully saturated rings. The molecule has 0 atom stereocenters. The summed E-state index contributed by atoms with van der Waals surface area (Å²) in [5.41, 5.74) is 0.581. The maximum atomic E-state index is 12.7. The first-order valence-corrected chi connectivity index (χ1v) is 10.6. The van der Waals surface area contributed by atoms with Crippen LogP contribution in [0.15, 0.2) is 17.0 Å². The fourth-order valence-corrected chi connectivity index (χ4v) is 4.11. The van der Waals surface area contributed by atoms with Gasteiger partial charge < -0.3 is 19.1 Å². The van der Waals surface area contributed by atoms with Crippen LogP contribution in [-0.4, -0.2) is 72.9 Å². The minimum absolute atomic E-state index is 0.0947. The van der Waals surface area contributed by atoms with Gasteiger partial charge in [-0.2, -0.15) is 0 Å². The molecule has 0 N–H and O–H groups in total. The van der Waals surface area contributed by atoms with Crippen molar-refractivity contribution < 1.29 is 28.6 Å². The van der Waals surface area contributed by atoms with Crippen molar-refractivity contribution in [2.24, 2.45) is 0 Å². The zero-order valence-corrected chi connectivity index (χ0v) is 18.5. The standard InChI is InChI=1S/C20H23ClN2O6S/c1-12(2)29-18-14(21)8-13(9-15(18)27-3)10-16-19(25)23(20(26)30-16)11-17(24)22-4-6-28-7-5-22/h8-10,12H,4-7,11H2,1-3H3/b16-10+. The minimum atomic E-state index is -0.510. The number of imide groups is 1.